The molecule has 0 amide bonds. The molecule has 0 fully saturated rings. The third-order valence-corrected chi connectivity index (χ3v) is 5.49. The van der Waals surface area contributed by atoms with Crippen LogP contribution in [0.5, 0.6) is 5.75 Å². The van der Waals surface area contributed by atoms with Crippen molar-refractivity contribution in [3.05, 3.63) is 57.8 Å². The van der Waals surface area contributed by atoms with Crippen molar-refractivity contribution in [2.45, 2.75) is 12.1 Å². The Bertz CT molecular complexity index is 1310. The molecule has 3 aromatic rings. The Balaban J connectivity index is 2.03. The van der Waals surface area contributed by atoms with Crippen LogP contribution in [0.15, 0.2) is 47.3 Å². The largest absolute Gasteiger partial charge is 0.497 e. The second-order valence-corrected chi connectivity index (χ2v) is 7.59. The summed E-state index contributed by atoms with van der Waals surface area (Å²) in [5.41, 5.74) is -1.24. The average molecular weight is 471 g/mol. The second kappa shape index (κ2) is 8.55. The molecule has 2 aromatic carbocycles. The molecule has 0 bridgehead atoms. The normalized spacial score (nSPS) is 16.1. The maximum absolute atomic E-state index is 13.1. The van der Waals surface area contributed by atoms with Gasteiger partial charge in [0.2, 0.25) is 5.66 Å². The lowest BCUT2D eigenvalue weighted by atomic mass is 9.99. The number of halogens is 1. The highest BCUT2D eigenvalue weighted by molar-refractivity contribution is 6.31. The molecule has 1 aromatic heterocycles. The van der Waals surface area contributed by atoms with Crippen LogP contribution in [0, 0.1) is 0 Å². The molecule has 0 saturated carbocycles. The lowest BCUT2D eigenvalue weighted by Gasteiger charge is -2.38. The SMILES string of the molecule is COC(=O)C[C@@]1(C(=O)OC)Nc2ccc(Cl)cc2-c2nc(=O)c(-c3ccc(OC)cc3)nn21. The predicted octanol–water partition coefficient (Wildman–Crippen LogP) is 2.45. The minimum absolute atomic E-state index is 0.0353. The molecule has 0 radical (unpaired) electrons. The van der Waals surface area contributed by atoms with Crippen LogP contribution in [0.4, 0.5) is 5.69 Å². The van der Waals surface area contributed by atoms with Crippen molar-refractivity contribution in [2.24, 2.45) is 0 Å². The summed E-state index contributed by atoms with van der Waals surface area (Å²) in [6.45, 7) is 0. The summed E-state index contributed by atoms with van der Waals surface area (Å²) >= 11 is 6.17. The van der Waals surface area contributed by atoms with E-state index in [0.29, 0.717) is 27.6 Å². The van der Waals surface area contributed by atoms with E-state index in [1.165, 1.54) is 26.0 Å². The highest BCUT2D eigenvalue weighted by Gasteiger charge is 2.50. The van der Waals surface area contributed by atoms with E-state index >= 15 is 0 Å². The van der Waals surface area contributed by atoms with Gasteiger partial charge in [0.1, 0.15) is 12.2 Å². The number of nitrogens with zero attached hydrogens (tertiary/aromatic N) is 3. The first-order valence-corrected chi connectivity index (χ1v) is 10.1. The molecule has 1 aliphatic rings. The van der Waals surface area contributed by atoms with Crippen molar-refractivity contribution < 1.29 is 23.8 Å². The van der Waals surface area contributed by atoms with Gasteiger partial charge in [0.05, 0.1) is 21.3 Å². The quantitative estimate of drug-likeness (QED) is 0.560. The van der Waals surface area contributed by atoms with E-state index < -0.39 is 29.6 Å². The van der Waals surface area contributed by atoms with E-state index in [2.05, 4.69) is 15.4 Å². The predicted molar refractivity (Wildman–Crippen MR) is 119 cm³/mol. The lowest BCUT2D eigenvalue weighted by molar-refractivity contribution is -0.157. The van der Waals surface area contributed by atoms with Gasteiger partial charge in [-0.25, -0.2) is 9.48 Å². The molecule has 0 saturated heterocycles. The maximum Gasteiger partial charge on any atom is 0.355 e. The van der Waals surface area contributed by atoms with Crippen LogP contribution in [0.2, 0.25) is 5.02 Å². The van der Waals surface area contributed by atoms with Crippen molar-refractivity contribution in [3.8, 4) is 28.4 Å². The molecule has 0 unspecified atom stereocenters. The number of hydrogen-bond acceptors (Lipinski definition) is 9. The van der Waals surface area contributed by atoms with Crippen molar-refractivity contribution in [3.63, 3.8) is 0 Å². The first kappa shape index (κ1) is 22.3. The number of fused-ring (bicyclic) bond motifs is 3. The van der Waals surface area contributed by atoms with E-state index in [9.17, 15) is 14.4 Å². The zero-order valence-electron chi connectivity index (χ0n) is 17.9. The molecule has 1 N–H and O–H groups in total. The van der Waals surface area contributed by atoms with Gasteiger partial charge in [-0.05, 0) is 42.5 Å². The molecule has 10 nitrogen and oxygen atoms in total. The minimum Gasteiger partial charge on any atom is -0.497 e. The summed E-state index contributed by atoms with van der Waals surface area (Å²) < 4.78 is 16.2. The number of nitrogens with one attached hydrogen (secondary N) is 1. The number of hydrogen-bond donors (Lipinski definition) is 1. The minimum atomic E-state index is -1.86. The summed E-state index contributed by atoms with van der Waals surface area (Å²) in [5, 5.41) is 7.88. The summed E-state index contributed by atoms with van der Waals surface area (Å²) in [7, 11) is 3.90. The van der Waals surface area contributed by atoms with Gasteiger partial charge in [-0.3, -0.25) is 9.59 Å². The Morgan fingerprint density at radius 2 is 1.82 bits per heavy atom. The maximum atomic E-state index is 13.1. The van der Waals surface area contributed by atoms with Crippen LogP contribution < -0.4 is 15.6 Å². The Morgan fingerprint density at radius 1 is 1.09 bits per heavy atom. The van der Waals surface area contributed by atoms with Gasteiger partial charge in [0.25, 0.3) is 5.56 Å². The van der Waals surface area contributed by atoms with Crippen molar-refractivity contribution in [1.29, 1.82) is 0 Å². The van der Waals surface area contributed by atoms with Gasteiger partial charge in [-0.15, -0.1) is 0 Å². The number of benzene rings is 2. The van der Waals surface area contributed by atoms with Crippen LogP contribution in [0.3, 0.4) is 0 Å². The van der Waals surface area contributed by atoms with Gasteiger partial charge in [-0.2, -0.15) is 10.1 Å². The van der Waals surface area contributed by atoms with Gasteiger partial charge < -0.3 is 19.5 Å². The summed E-state index contributed by atoms with van der Waals surface area (Å²) in [5.74, 6) is -0.899. The highest BCUT2D eigenvalue weighted by atomic mass is 35.5. The molecule has 11 heteroatoms. The zero-order valence-corrected chi connectivity index (χ0v) is 18.7. The lowest BCUT2D eigenvalue weighted by Crippen LogP contribution is -2.55. The highest BCUT2D eigenvalue weighted by Crippen LogP contribution is 2.40. The smallest absolute Gasteiger partial charge is 0.355 e. The van der Waals surface area contributed by atoms with Crippen molar-refractivity contribution >= 4 is 29.2 Å². The first-order chi connectivity index (χ1) is 15.8. The third kappa shape index (κ3) is 3.78. The molecular weight excluding hydrogens is 452 g/mol. The van der Waals surface area contributed by atoms with Gasteiger partial charge in [-0.1, -0.05) is 11.6 Å². The number of methoxy groups -OCH3 is 3. The molecule has 0 spiro atoms. The topological polar surface area (TPSA) is 122 Å². The fourth-order valence-electron chi connectivity index (χ4n) is 3.62. The summed E-state index contributed by atoms with van der Waals surface area (Å²) in [4.78, 5) is 42.6. The van der Waals surface area contributed by atoms with Crippen LogP contribution in [-0.2, 0) is 24.7 Å². The molecule has 4 rings (SSSR count). The number of aromatic nitrogens is 3. The summed E-state index contributed by atoms with van der Waals surface area (Å²) in [6.07, 6.45) is -0.481. The van der Waals surface area contributed by atoms with E-state index in [1.807, 2.05) is 0 Å². The number of esters is 2. The van der Waals surface area contributed by atoms with Crippen LogP contribution in [0.25, 0.3) is 22.6 Å². The number of anilines is 1. The van der Waals surface area contributed by atoms with Gasteiger partial charge >= 0.3 is 11.9 Å². The van der Waals surface area contributed by atoms with Crippen LogP contribution >= 0.6 is 11.6 Å². The van der Waals surface area contributed by atoms with E-state index in [-0.39, 0.29) is 11.5 Å². The van der Waals surface area contributed by atoms with E-state index in [0.717, 1.165) is 0 Å². The van der Waals surface area contributed by atoms with E-state index in [4.69, 9.17) is 25.8 Å². The Kier molecular flexibility index (Phi) is 5.77. The zero-order chi connectivity index (χ0) is 23.8. The number of carbonyl (C=O) groups is 2. The number of carbonyl (C=O) groups excluding carboxylic acids is 2. The van der Waals surface area contributed by atoms with Gasteiger partial charge in [0.15, 0.2) is 11.5 Å². The van der Waals surface area contributed by atoms with Crippen molar-refractivity contribution in [2.75, 3.05) is 26.6 Å². The molecule has 2 heterocycles. The van der Waals surface area contributed by atoms with E-state index in [1.54, 1.807) is 42.5 Å². The standard InChI is InChI=1S/C22H19ClN4O6/c1-31-14-7-4-12(5-8-14)18-20(29)24-19-15-10-13(23)6-9-16(15)25-22(21(30)33-3,27(19)26-18)11-17(28)32-2/h4-10,25H,11H2,1-3H3/t22-/m1/s1. The average Bonchev–Trinajstić information content (AvgIpc) is 2.83. The third-order valence-electron chi connectivity index (χ3n) is 5.25. The molecule has 33 heavy (non-hydrogen) atoms. The fraction of sp³-hybridized carbons (Fsp3) is 0.227. The Labute approximate surface area is 193 Å². The molecule has 170 valence electrons. The molecule has 1 aliphatic heterocycles. The Hall–Kier alpha value is -3.92. The van der Waals surface area contributed by atoms with Gasteiger partial charge in [0, 0.05) is 21.8 Å². The van der Waals surface area contributed by atoms with Crippen LogP contribution in [0.1, 0.15) is 6.42 Å². The second-order valence-electron chi connectivity index (χ2n) is 7.15. The van der Waals surface area contributed by atoms with Crippen LogP contribution in [-0.4, -0.2) is 48.0 Å². The molecule has 0 aliphatic carbocycles. The Morgan fingerprint density at radius 3 is 2.45 bits per heavy atom. The summed E-state index contributed by atoms with van der Waals surface area (Å²) in [6, 6.07) is 11.4. The molecule has 1 atom stereocenters. The molecular formula is C22H19ClN4O6. The monoisotopic (exact) mass is 470 g/mol. The first-order valence-electron chi connectivity index (χ1n) is 9.72. The number of rotatable bonds is 5. The number of ether oxygens (including phenoxy) is 3. The van der Waals surface area contributed by atoms with Crippen molar-refractivity contribution in [1.82, 2.24) is 14.8 Å². The fourth-order valence-corrected chi connectivity index (χ4v) is 3.79.